The third-order valence-corrected chi connectivity index (χ3v) is 2.39. The van der Waals surface area contributed by atoms with Crippen LogP contribution in [0.4, 0.5) is 4.39 Å². The molecule has 0 aliphatic rings. The summed E-state index contributed by atoms with van der Waals surface area (Å²) in [5.41, 5.74) is 0.507. The van der Waals surface area contributed by atoms with Crippen molar-refractivity contribution in [3.05, 3.63) is 48.3 Å². The van der Waals surface area contributed by atoms with Crippen LogP contribution in [0.2, 0.25) is 0 Å². The van der Waals surface area contributed by atoms with Crippen LogP contribution >= 0.6 is 0 Å². The van der Waals surface area contributed by atoms with Crippen molar-refractivity contribution in [2.24, 2.45) is 5.92 Å². The van der Waals surface area contributed by atoms with Crippen LogP contribution in [-0.4, -0.2) is 5.91 Å². The second kappa shape index (κ2) is 5.45. The number of benzene rings is 1. The van der Waals surface area contributed by atoms with Gasteiger partial charge in [0.2, 0.25) is 5.91 Å². The normalized spacial score (nSPS) is 12.2. The van der Waals surface area contributed by atoms with Gasteiger partial charge in [-0.2, -0.15) is 0 Å². The number of carbonyl (C=O) groups excluding carboxylic acids is 1. The lowest BCUT2D eigenvalue weighted by Crippen LogP contribution is -2.30. The molecule has 1 amide bonds. The predicted octanol–water partition coefficient (Wildman–Crippen LogP) is 2.83. The molecule has 0 spiro atoms. The second-order valence-corrected chi connectivity index (χ2v) is 3.96. The topological polar surface area (TPSA) is 29.1 Å². The Kier molecular flexibility index (Phi) is 4.23. The molecule has 1 aromatic carbocycles. The van der Waals surface area contributed by atoms with E-state index in [0.717, 1.165) is 0 Å². The highest BCUT2D eigenvalue weighted by Crippen LogP contribution is 2.23. The third-order valence-electron chi connectivity index (χ3n) is 2.39. The van der Waals surface area contributed by atoms with E-state index in [4.69, 9.17) is 0 Å². The third kappa shape index (κ3) is 2.92. The highest BCUT2D eigenvalue weighted by Gasteiger charge is 2.19. The van der Waals surface area contributed by atoms with Gasteiger partial charge in [0.05, 0.1) is 6.04 Å². The van der Waals surface area contributed by atoms with Gasteiger partial charge in [-0.15, -0.1) is 0 Å². The smallest absolute Gasteiger partial charge is 0.243 e. The molecule has 0 saturated carbocycles. The van der Waals surface area contributed by atoms with Gasteiger partial charge in [0.15, 0.2) is 0 Å². The first-order valence-electron chi connectivity index (χ1n) is 5.23. The molecule has 0 radical (unpaired) electrons. The molecular formula is C13H16FNO. The van der Waals surface area contributed by atoms with E-state index in [1.807, 2.05) is 13.8 Å². The molecule has 16 heavy (non-hydrogen) atoms. The maximum Gasteiger partial charge on any atom is 0.243 e. The SMILES string of the molecule is C=CC(=O)NC(c1ccccc1F)C(C)C. The average Bonchev–Trinajstić information content (AvgIpc) is 2.26. The van der Waals surface area contributed by atoms with Crippen LogP contribution in [0.15, 0.2) is 36.9 Å². The molecule has 3 heteroatoms. The van der Waals surface area contributed by atoms with Crippen molar-refractivity contribution < 1.29 is 9.18 Å². The van der Waals surface area contributed by atoms with Gasteiger partial charge in [0.25, 0.3) is 0 Å². The molecular weight excluding hydrogens is 205 g/mol. The van der Waals surface area contributed by atoms with Crippen molar-refractivity contribution in [2.45, 2.75) is 19.9 Å². The summed E-state index contributed by atoms with van der Waals surface area (Å²) < 4.78 is 13.6. The van der Waals surface area contributed by atoms with Gasteiger partial charge in [-0.3, -0.25) is 4.79 Å². The summed E-state index contributed by atoms with van der Waals surface area (Å²) in [6.45, 7) is 7.25. The number of carbonyl (C=O) groups is 1. The minimum atomic E-state index is -0.327. The summed E-state index contributed by atoms with van der Waals surface area (Å²) in [6, 6.07) is 6.14. The quantitative estimate of drug-likeness (QED) is 0.778. The summed E-state index contributed by atoms with van der Waals surface area (Å²) in [7, 11) is 0. The molecule has 1 atom stereocenters. The Morgan fingerprint density at radius 1 is 1.44 bits per heavy atom. The van der Waals surface area contributed by atoms with Crippen LogP contribution in [0, 0.1) is 11.7 Å². The van der Waals surface area contributed by atoms with Crippen molar-refractivity contribution in [3.8, 4) is 0 Å². The maximum atomic E-state index is 13.6. The first-order chi connectivity index (χ1) is 7.56. The fourth-order valence-electron chi connectivity index (χ4n) is 1.54. The summed E-state index contributed by atoms with van der Waals surface area (Å²) in [5.74, 6) is -0.478. The highest BCUT2D eigenvalue weighted by atomic mass is 19.1. The molecule has 1 aromatic rings. The van der Waals surface area contributed by atoms with Gasteiger partial charge in [0.1, 0.15) is 5.82 Å². The highest BCUT2D eigenvalue weighted by molar-refractivity contribution is 5.87. The fourth-order valence-corrected chi connectivity index (χ4v) is 1.54. The Hall–Kier alpha value is -1.64. The summed E-state index contributed by atoms with van der Waals surface area (Å²) in [5, 5.41) is 2.73. The van der Waals surface area contributed by atoms with Crippen LogP contribution < -0.4 is 5.32 Å². The lowest BCUT2D eigenvalue weighted by Gasteiger charge is -2.22. The standard InChI is InChI=1S/C13H16FNO/c1-4-12(16)15-13(9(2)3)10-7-5-6-8-11(10)14/h4-9,13H,1H2,2-3H3,(H,15,16). The Morgan fingerprint density at radius 2 is 2.06 bits per heavy atom. The van der Waals surface area contributed by atoms with E-state index in [1.165, 1.54) is 12.1 Å². The molecule has 0 saturated heterocycles. The molecule has 1 unspecified atom stereocenters. The number of rotatable bonds is 4. The predicted molar refractivity (Wildman–Crippen MR) is 62.3 cm³/mol. The summed E-state index contributed by atoms with van der Waals surface area (Å²) in [4.78, 5) is 11.3. The number of nitrogens with one attached hydrogen (secondary N) is 1. The molecule has 0 aliphatic heterocycles. The second-order valence-electron chi connectivity index (χ2n) is 3.96. The van der Waals surface area contributed by atoms with Gasteiger partial charge in [-0.25, -0.2) is 4.39 Å². The van der Waals surface area contributed by atoms with E-state index in [9.17, 15) is 9.18 Å². The lowest BCUT2D eigenvalue weighted by atomic mass is 9.95. The zero-order valence-electron chi connectivity index (χ0n) is 9.53. The number of hydrogen-bond acceptors (Lipinski definition) is 1. The summed E-state index contributed by atoms with van der Waals surface area (Å²) in [6.07, 6.45) is 1.19. The van der Waals surface area contributed by atoms with Gasteiger partial charge in [-0.1, -0.05) is 38.6 Å². The zero-order chi connectivity index (χ0) is 12.1. The minimum absolute atomic E-state index is 0.112. The van der Waals surface area contributed by atoms with E-state index < -0.39 is 0 Å². The van der Waals surface area contributed by atoms with Crippen molar-refractivity contribution in [1.29, 1.82) is 0 Å². The first-order valence-corrected chi connectivity index (χ1v) is 5.23. The van der Waals surface area contributed by atoms with E-state index >= 15 is 0 Å². The largest absolute Gasteiger partial charge is 0.345 e. The fraction of sp³-hybridized carbons (Fsp3) is 0.308. The van der Waals surface area contributed by atoms with E-state index in [1.54, 1.807) is 18.2 Å². The number of halogens is 1. The number of amides is 1. The molecule has 1 N–H and O–H groups in total. The first kappa shape index (κ1) is 12.4. The van der Waals surface area contributed by atoms with E-state index in [-0.39, 0.29) is 23.7 Å². The monoisotopic (exact) mass is 221 g/mol. The Morgan fingerprint density at radius 3 is 2.56 bits per heavy atom. The maximum absolute atomic E-state index is 13.6. The Labute approximate surface area is 95.2 Å². The van der Waals surface area contributed by atoms with Gasteiger partial charge < -0.3 is 5.32 Å². The average molecular weight is 221 g/mol. The van der Waals surface area contributed by atoms with Crippen molar-refractivity contribution in [1.82, 2.24) is 5.32 Å². The minimum Gasteiger partial charge on any atom is -0.345 e. The van der Waals surface area contributed by atoms with Crippen LogP contribution in [0.25, 0.3) is 0 Å². The Balaban J connectivity index is 2.98. The molecule has 0 aromatic heterocycles. The van der Waals surface area contributed by atoms with Gasteiger partial charge in [0, 0.05) is 5.56 Å². The Bertz CT molecular complexity index is 387. The lowest BCUT2D eigenvalue weighted by molar-refractivity contribution is -0.117. The molecule has 2 nitrogen and oxygen atoms in total. The van der Waals surface area contributed by atoms with Crippen molar-refractivity contribution >= 4 is 5.91 Å². The molecule has 0 aliphatic carbocycles. The number of hydrogen-bond donors (Lipinski definition) is 1. The van der Waals surface area contributed by atoms with Crippen molar-refractivity contribution in [2.75, 3.05) is 0 Å². The molecule has 0 bridgehead atoms. The molecule has 1 rings (SSSR count). The van der Waals surface area contributed by atoms with Crippen molar-refractivity contribution in [3.63, 3.8) is 0 Å². The van der Waals surface area contributed by atoms with E-state index in [0.29, 0.717) is 5.56 Å². The van der Waals surface area contributed by atoms with Crippen LogP contribution in [0.1, 0.15) is 25.5 Å². The zero-order valence-corrected chi connectivity index (χ0v) is 9.53. The molecule has 86 valence electrons. The van der Waals surface area contributed by atoms with Crippen LogP contribution in [0.3, 0.4) is 0 Å². The van der Waals surface area contributed by atoms with Crippen LogP contribution in [0.5, 0.6) is 0 Å². The van der Waals surface area contributed by atoms with Crippen LogP contribution in [-0.2, 0) is 4.79 Å². The van der Waals surface area contributed by atoms with Gasteiger partial charge in [-0.05, 0) is 18.1 Å². The van der Waals surface area contributed by atoms with E-state index in [2.05, 4.69) is 11.9 Å². The summed E-state index contributed by atoms with van der Waals surface area (Å²) >= 11 is 0. The molecule has 0 heterocycles. The molecule has 0 fully saturated rings. The van der Waals surface area contributed by atoms with Gasteiger partial charge >= 0.3 is 0 Å².